The van der Waals surface area contributed by atoms with E-state index in [-0.39, 0.29) is 0 Å². The minimum Gasteiger partial charge on any atom is -0.310 e. The molecule has 0 radical (unpaired) electrons. The van der Waals surface area contributed by atoms with Gasteiger partial charge in [-0.05, 0) is 26.3 Å². The van der Waals surface area contributed by atoms with E-state index in [0.717, 1.165) is 18.0 Å². The lowest BCUT2D eigenvalue weighted by Crippen LogP contribution is -2.32. The molecule has 2 heterocycles. The van der Waals surface area contributed by atoms with Crippen molar-refractivity contribution in [2.75, 3.05) is 20.1 Å². The Hall–Kier alpha value is -0.0800. The van der Waals surface area contributed by atoms with Gasteiger partial charge in [-0.1, -0.05) is 0 Å². The Kier molecular flexibility index (Phi) is 1.46. The first-order valence-corrected chi connectivity index (χ1v) is 4.20. The highest BCUT2D eigenvalue weighted by molar-refractivity contribution is 4.95. The van der Waals surface area contributed by atoms with Crippen LogP contribution in [0.3, 0.4) is 0 Å². The number of hydrogen-bond acceptors (Lipinski definition) is 2. The molecule has 1 N–H and O–H groups in total. The van der Waals surface area contributed by atoms with E-state index in [4.69, 9.17) is 0 Å². The van der Waals surface area contributed by atoms with E-state index in [2.05, 4.69) is 24.2 Å². The molecule has 0 bridgehead atoms. The molecule has 3 atom stereocenters. The Bertz CT molecular complexity index is 107. The summed E-state index contributed by atoms with van der Waals surface area (Å²) in [5.41, 5.74) is 0. The van der Waals surface area contributed by atoms with Crippen LogP contribution in [0.2, 0.25) is 0 Å². The topological polar surface area (TPSA) is 15.3 Å². The summed E-state index contributed by atoms with van der Waals surface area (Å²) in [6, 6.07) is 1.57. The van der Waals surface area contributed by atoms with Gasteiger partial charge in [-0.25, -0.2) is 0 Å². The van der Waals surface area contributed by atoms with E-state index in [0.29, 0.717) is 0 Å². The minimum atomic E-state index is 0.767. The molecule has 2 aliphatic rings. The highest BCUT2D eigenvalue weighted by Gasteiger charge is 2.37. The second-order valence-corrected chi connectivity index (χ2v) is 3.89. The lowest BCUT2D eigenvalue weighted by molar-refractivity contribution is 0.370. The zero-order valence-corrected chi connectivity index (χ0v) is 6.80. The smallest absolute Gasteiger partial charge is 0.0238 e. The first-order chi connectivity index (χ1) is 4.75. The second-order valence-electron chi connectivity index (χ2n) is 3.89. The largest absolute Gasteiger partial charge is 0.310 e. The lowest BCUT2D eigenvalue weighted by Gasteiger charge is -2.11. The zero-order chi connectivity index (χ0) is 7.14. The van der Waals surface area contributed by atoms with Crippen LogP contribution in [0.25, 0.3) is 0 Å². The van der Waals surface area contributed by atoms with Crippen LogP contribution >= 0.6 is 0 Å². The molecule has 10 heavy (non-hydrogen) atoms. The molecule has 0 amide bonds. The van der Waals surface area contributed by atoms with Crippen molar-refractivity contribution in [2.45, 2.75) is 25.4 Å². The molecule has 2 rings (SSSR count). The first kappa shape index (κ1) is 6.62. The SMILES string of the molecule is C[C@@H]1C[C@H]2CN(C)C[C@H]2N1. The molecule has 0 aromatic carbocycles. The van der Waals surface area contributed by atoms with Crippen LogP contribution < -0.4 is 5.32 Å². The number of likely N-dealkylation sites (tertiary alicyclic amines) is 1. The number of hydrogen-bond donors (Lipinski definition) is 1. The third kappa shape index (κ3) is 0.956. The van der Waals surface area contributed by atoms with Crippen LogP contribution in [-0.2, 0) is 0 Å². The number of fused-ring (bicyclic) bond motifs is 1. The molecule has 2 nitrogen and oxygen atoms in total. The van der Waals surface area contributed by atoms with Gasteiger partial charge in [0.15, 0.2) is 0 Å². The summed E-state index contributed by atoms with van der Waals surface area (Å²) in [5, 5.41) is 3.60. The van der Waals surface area contributed by atoms with Crippen LogP contribution in [0.5, 0.6) is 0 Å². The van der Waals surface area contributed by atoms with Crippen LogP contribution in [0, 0.1) is 5.92 Å². The molecule has 0 aliphatic carbocycles. The molecule has 2 saturated heterocycles. The fourth-order valence-electron chi connectivity index (χ4n) is 2.40. The second kappa shape index (κ2) is 2.21. The molecule has 0 unspecified atom stereocenters. The van der Waals surface area contributed by atoms with Crippen molar-refractivity contribution < 1.29 is 0 Å². The van der Waals surface area contributed by atoms with Gasteiger partial charge in [0.05, 0.1) is 0 Å². The van der Waals surface area contributed by atoms with Crippen LogP contribution in [0.1, 0.15) is 13.3 Å². The molecular formula is C8H16N2. The lowest BCUT2D eigenvalue weighted by atomic mass is 10.0. The molecule has 2 heteroatoms. The summed E-state index contributed by atoms with van der Waals surface area (Å²) >= 11 is 0. The van der Waals surface area contributed by atoms with Gasteiger partial charge >= 0.3 is 0 Å². The standard InChI is InChI=1S/C8H16N2/c1-6-3-7-4-10(2)5-8(7)9-6/h6-9H,3-5H2,1-2H3/t6-,7+,8-/m1/s1. The van der Waals surface area contributed by atoms with Gasteiger partial charge in [-0.15, -0.1) is 0 Å². The summed E-state index contributed by atoms with van der Waals surface area (Å²) < 4.78 is 0. The Morgan fingerprint density at radius 3 is 2.90 bits per heavy atom. The van der Waals surface area contributed by atoms with E-state index in [9.17, 15) is 0 Å². The van der Waals surface area contributed by atoms with Crippen molar-refractivity contribution in [1.29, 1.82) is 0 Å². The molecule has 0 spiro atoms. The maximum Gasteiger partial charge on any atom is 0.0238 e. The maximum atomic E-state index is 3.60. The zero-order valence-electron chi connectivity index (χ0n) is 6.80. The van der Waals surface area contributed by atoms with Gasteiger partial charge in [0.1, 0.15) is 0 Å². The third-order valence-electron chi connectivity index (χ3n) is 2.78. The summed E-state index contributed by atoms with van der Waals surface area (Å²) in [6.45, 7) is 4.86. The van der Waals surface area contributed by atoms with E-state index in [1.165, 1.54) is 19.5 Å². The van der Waals surface area contributed by atoms with Crippen molar-refractivity contribution in [3.63, 3.8) is 0 Å². The number of nitrogens with zero attached hydrogens (tertiary/aromatic N) is 1. The predicted octanol–water partition coefficient (Wildman–Crippen LogP) is 0.298. The van der Waals surface area contributed by atoms with Crippen LogP contribution in [0.15, 0.2) is 0 Å². The number of likely N-dealkylation sites (N-methyl/N-ethyl adjacent to an activating group) is 1. The van der Waals surface area contributed by atoms with Crippen molar-refractivity contribution in [1.82, 2.24) is 10.2 Å². The van der Waals surface area contributed by atoms with E-state index >= 15 is 0 Å². The molecule has 2 aliphatic heterocycles. The van der Waals surface area contributed by atoms with Gasteiger partial charge in [-0.2, -0.15) is 0 Å². The highest BCUT2D eigenvalue weighted by atomic mass is 15.2. The van der Waals surface area contributed by atoms with Gasteiger partial charge in [0.25, 0.3) is 0 Å². The van der Waals surface area contributed by atoms with Crippen LogP contribution in [0.4, 0.5) is 0 Å². The fourth-order valence-corrected chi connectivity index (χ4v) is 2.40. The number of nitrogens with one attached hydrogen (secondary N) is 1. The van der Waals surface area contributed by atoms with E-state index in [1.54, 1.807) is 0 Å². The molecule has 0 aromatic heterocycles. The quantitative estimate of drug-likeness (QED) is 0.520. The first-order valence-electron chi connectivity index (χ1n) is 4.20. The van der Waals surface area contributed by atoms with Crippen molar-refractivity contribution in [3.05, 3.63) is 0 Å². The Labute approximate surface area is 62.6 Å². The van der Waals surface area contributed by atoms with Crippen molar-refractivity contribution >= 4 is 0 Å². The molecule has 2 fully saturated rings. The van der Waals surface area contributed by atoms with Gasteiger partial charge < -0.3 is 10.2 Å². The monoisotopic (exact) mass is 140 g/mol. The normalized spacial score (nSPS) is 48.0. The molecular weight excluding hydrogens is 124 g/mol. The molecule has 58 valence electrons. The van der Waals surface area contributed by atoms with Crippen LogP contribution in [-0.4, -0.2) is 37.1 Å². The molecule has 0 saturated carbocycles. The Balaban J connectivity index is 2.00. The summed E-state index contributed by atoms with van der Waals surface area (Å²) in [5.74, 6) is 0.944. The van der Waals surface area contributed by atoms with Gasteiger partial charge in [0.2, 0.25) is 0 Å². The summed E-state index contributed by atoms with van der Waals surface area (Å²) in [6.07, 6.45) is 1.38. The maximum absolute atomic E-state index is 3.60. The van der Waals surface area contributed by atoms with E-state index in [1.807, 2.05) is 0 Å². The fraction of sp³-hybridized carbons (Fsp3) is 1.00. The minimum absolute atomic E-state index is 0.767. The van der Waals surface area contributed by atoms with Gasteiger partial charge in [-0.3, -0.25) is 0 Å². The predicted molar refractivity (Wildman–Crippen MR) is 42.0 cm³/mol. The van der Waals surface area contributed by atoms with Crippen molar-refractivity contribution in [3.8, 4) is 0 Å². The summed E-state index contributed by atoms with van der Waals surface area (Å²) in [4.78, 5) is 2.42. The molecule has 0 aromatic rings. The highest BCUT2D eigenvalue weighted by Crippen LogP contribution is 2.26. The van der Waals surface area contributed by atoms with Crippen molar-refractivity contribution in [2.24, 2.45) is 5.92 Å². The average molecular weight is 140 g/mol. The summed E-state index contributed by atoms with van der Waals surface area (Å²) in [7, 11) is 2.21. The van der Waals surface area contributed by atoms with Gasteiger partial charge in [0, 0.05) is 25.2 Å². The van der Waals surface area contributed by atoms with E-state index < -0.39 is 0 Å². The number of rotatable bonds is 0. The Morgan fingerprint density at radius 2 is 2.20 bits per heavy atom. The average Bonchev–Trinajstić information content (AvgIpc) is 2.21. The third-order valence-corrected chi connectivity index (χ3v) is 2.78. The Morgan fingerprint density at radius 1 is 1.40 bits per heavy atom.